The van der Waals surface area contributed by atoms with Crippen LogP contribution in [0.15, 0.2) is 82.3 Å². The van der Waals surface area contributed by atoms with Crippen molar-refractivity contribution in [3.05, 3.63) is 72.5 Å². The predicted molar refractivity (Wildman–Crippen MR) is 113 cm³/mol. The lowest BCUT2D eigenvalue weighted by atomic mass is 10.0. The monoisotopic (exact) mass is 384 g/mol. The SMILES string of the molecule is COC1=CC=CC(S(C)(c2cccc(OC)c2)c2cccc(OC)c2)C1C. The minimum atomic E-state index is -1.42. The molecule has 2 atom stereocenters. The van der Waals surface area contributed by atoms with E-state index in [0.717, 1.165) is 17.3 Å². The van der Waals surface area contributed by atoms with Crippen LogP contribution in [0.1, 0.15) is 6.92 Å². The summed E-state index contributed by atoms with van der Waals surface area (Å²) in [6.07, 6.45) is 8.88. The van der Waals surface area contributed by atoms with Crippen LogP contribution in [-0.2, 0) is 4.74 Å². The molecule has 2 aromatic rings. The van der Waals surface area contributed by atoms with E-state index < -0.39 is 10.0 Å². The average molecular weight is 385 g/mol. The zero-order valence-electron chi connectivity index (χ0n) is 16.6. The number of hydrogen-bond donors (Lipinski definition) is 0. The van der Waals surface area contributed by atoms with Gasteiger partial charge in [-0.1, -0.05) is 31.2 Å². The molecule has 0 saturated heterocycles. The van der Waals surface area contributed by atoms with Gasteiger partial charge in [0.2, 0.25) is 0 Å². The summed E-state index contributed by atoms with van der Waals surface area (Å²) in [6.45, 7) is 2.25. The Labute approximate surface area is 164 Å². The van der Waals surface area contributed by atoms with Crippen LogP contribution in [0.3, 0.4) is 0 Å². The maximum atomic E-state index is 5.66. The van der Waals surface area contributed by atoms with Crippen molar-refractivity contribution in [3.63, 3.8) is 0 Å². The third-order valence-corrected chi connectivity index (χ3v) is 9.47. The second-order valence-electron chi connectivity index (χ2n) is 6.75. The van der Waals surface area contributed by atoms with Crippen LogP contribution in [0.4, 0.5) is 0 Å². The fraction of sp³-hybridized carbons (Fsp3) is 0.304. The van der Waals surface area contributed by atoms with Crippen molar-refractivity contribution in [1.82, 2.24) is 0 Å². The van der Waals surface area contributed by atoms with Gasteiger partial charge in [0.15, 0.2) is 0 Å². The number of hydrogen-bond acceptors (Lipinski definition) is 3. The van der Waals surface area contributed by atoms with Gasteiger partial charge < -0.3 is 14.2 Å². The van der Waals surface area contributed by atoms with Gasteiger partial charge in [0, 0.05) is 11.2 Å². The standard InChI is InChI=1S/C23H28O3S/c1-17-22(26-4)13-8-14-23(17)27(5,20-11-6-9-18(15-20)24-2)21-12-7-10-19(16-21)25-3/h6-17,23H,1-5H3. The zero-order valence-corrected chi connectivity index (χ0v) is 17.5. The number of rotatable bonds is 6. The first-order valence-electron chi connectivity index (χ1n) is 9.02. The molecule has 0 spiro atoms. The Hall–Kier alpha value is -2.33. The second-order valence-corrected chi connectivity index (χ2v) is 10.2. The molecule has 27 heavy (non-hydrogen) atoms. The smallest absolute Gasteiger partial charge is 0.119 e. The summed E-state index contributed by atoms with van der Waals surface area (Å²) in [5.74, 6) is 3.05. The minimum absolute atomic E-state index is 0.275. The van der Waals surface area contributed by atoms with Crippen molar-refractivity contribution in [2.24, 2.45) is 5.92 Å². The molecule has 0 bridgehead atoms. The molecule has 3 rings (SSSR count). The Morgan fingerprint density at radius 3 is 1.85 bits per heavy atom. The average Bonchev–Trinajstić information content (AvgIpc) is 2.73. The van der Waals surface area contributed by atoms with Gasteiger partial charge in [0.05, 0.1) is 27.1 Å². The second kappa shape index (κ2) is 8.13. The van der Waals surface area contributed by atoms with Crippen molar-refractivity contribution < 1.29 is 14.2 Å². The van der Waals surface area contributed by atoms with Gasteiger partial charge >= 0.3 is 0 Å². The zero-order chi connectivity index (χ0) is 19.4. The third-order valence-electron chi connectivity index (χ3n) is 5.34. The molecule has 0 heterocycles. The lowest BCUT2D eigenvalue weighted by Gasteiger charge is -2.46. The molecule has 3 nitrogen and oxygen atoms in total. The molecule has 0 aromatic heterocycles. The van der Waals surface area contributed by atoms with E-state index in [9.17, 15) is 0 Å². The Kier molecular flexibility index (Phi) is 5.85. The maximum Gasteiger partial charge on any atom is 0.119 e. The largest absolute Gasteiger partial charge is 0.501 e. The Morgan fingerprint density at radius 2 is 1.37 bits per heavy atom. The van der Waals surface area contributed by atoms with E-state index in [4.69, 9.17) is 14.2 Å². The number of benzene rings is 2. The van der Waals surface area contributed by atoms with E-state index >= 15 is 0 Å². The van der Waals surface area contributed by atoms with Gasteiger partial charge in [-0.3, -0.25) is 0 Å². The highest BCUT2D eigenvalue weighted by atomic mass is 32.3. The van der Waals surface area contributed by atoms with E-state index in [0.29, 0.717) is 5.25 Å². The fourth-order valence-electron chi connectivity index (χ4n) is 3.74. The molecular weight excluding hydrogens is 356 g/mol. The predicted octanol–water partition coefficient (Wildman–Crippen LogP) is 5.66. The summed E-state index contributed by atoms with van der Waals surface area (Å²) in [7, 11) is 3.76. The summed E-state index contributed by atoms with van der Waals surface area (Å²) in [6, 6.07) is 16.9. The topological polar surface area (TPSA) is 27.7 Å². The van der Waals surface area contributed by atoms with Crippen molar-refractivity contribution in [2.75, 3.05) is 27.6 Å². The lowest BCUT2D eigenvalue weighted by Crippen LogP contribution is -2.27. The molecule has 4 heteroatoms. The highest BCUT2D eigenvalue weighted by Gasteiger charge is 2.38. The van der Waals surface area contributed by atoms with Gasteiger partial charge in [-0.2, -0.15) is 10.0 Å². The summed E-state index contributed by atoms with van der Waals surface area (Å²) in [5, 5.41) is 0.302. The van der Waals surface area contributed by atoms with Crippen LogP contribution in [0.5, 0.6) is 11.5 Å². The summed E-state index contributed by atoms with van der Waals surface area (Å²) < 4.78 is 16.7. The molecule has 1 aliphatic carbocycles. The summed E-state index contributed by atoms with van der Waals surface area (Å²) in [5.41, 5.74) is 0. The van der Waals surface area contributed by atoms with Gasteiger partial charge in [0.25, 0.3) is 0 Å². The molecule has 0 saturated carbocycles. The number of ether oxygens (including phenoxy) is 3. The van der Waals surface area contributed by atoms with Crippen LogP contribution in [-0.4, -0.2) is 32.8 Å². The van der Waals surface area contributed by atoms with Crippen LogP contribution in [0.2, 0.25) is 0 Å². The first-order chi connectivity index (χ1) is 13.0. The van der Waals surface area contributed by atoms with Gasteiger partial charge in [-0.25, -0.2) is 0 Å². The highest BCUT2D eigenvalue weighted by molar-refractivity contribution is 8.33. The molecule has 1 aliphatic rings. The van der Waals surface area contributed by atoms with Crippen LogP contribution in [0, 0.1) is 5.92 Å². The van der Waals surface area contributed by atoms with Gasteiger partial charge in [-0.15, -0.1) is 0 Å². The molecule has 0 radical (unpaired) electrons. The normalized spacial score (nSPS) is 20.0. The van der Waals surface area contributed by atoms with Gasteiger partial charge in [-0.05, 0) is 58.5 Å². The summed E-state index contributed by atoms with van der Waals surface area (Å²) in [4.78, 5) is 2.57. The fourth-order valence-corrected chi connectivity index (χ4v) is 7.44. The van der Waals surface area contributed by atoms with Crippen LogP contribution < -0.4 is 9.47 Å². The first-order valence-corrected chi connectivity index (χ1v) is 11.1. The summed E-state index contributed by atoms with van der Waals surface area (Å²) >= 11 is 0. The maximum absolute atomic E-state index is 5.66. The first kappa shape index (κ1) is 19.4. The molecule has 0 fully saturated rings. The Morgan fingerprint density at radius 1 is 0.815 bits per heavy atom. The van der Waals surface area contributed by atoms with E-state index in [2.05, 4.69) is 67.8 Å². The van der Waals surface area contributed by atoms with Crippen LogP contribution >= 0.6 is 10.0 Å². The Balaban J connectivity index is 2.20. The molecule has 0 amide bonds. The lowest BCUT2D eigenvalue weighted by molar-refractivity contribution is 0.247. The van der Waals surface area contributed by atoms with E-state index in [1.165, 1.54) is 9.79 Å². The number of methoxy groups -OCH3 is 3. The van der Waals surface area contributed by atoms with E-state index in [1.807, 2.05) is 12.1 Å². The molecule has 2 unspecified atom stereocenters. The van der Waals surface area contributed by atoms with Crippen molar-refractivity contribution >= 4 is 10.0 Å². The molecule has 0 N–H and O–H groups in total. The van der Waals surface area contributed by atoms with Crippen molar-refractivity contribution in [1.29, 1.82) is 0 Å². The van der Waals surface area contributed by atoms with Crippen LogP contribution in [0.25, 0.3) is 0 Å². The Bertz CT molecular complexity index is 809. The molecule has 0 aliphatic heterocycles. The minimum Gasteiger partial charge on any atom is -0.501 e. The van der Waals surface area contributed by atoms with Gasteiger partial charge in [0.1, 0.15) is 11.5 Å². The van der Waals surface area contributed by atoms with Crippen molar-refractivity contribution in [2.45, 2.75) is 22.0 Å². The van der Waals surface area contributed by atoms with Crippen molar-refractivity contribution in [3.8, 4) is 11.5 Å². The molecule has 144 valence electrons. The number of allylic oxidation sites excluding steroid dienone is 3. The third kappa shape index (κ3) is 3.59. The highest BCUT2D eigenvalue weighted by Crippen LogP contribution is 2.66. The van der Waals surface area contributed by atoms with E-state index in [1.54, 1.807) is 21.3 Å². The quantitative estimate of drug-likeness (QED) is 0.643. The molecular formula is C23H28O3S. The molecule has 2 aromatic carbocycles. The van der Waals surface area contributed by atoms with E-state index in [-0.39, 0.29) is 5.92 Å².